The Labute approximate surface area is 97.4 Å². The molecule has 0 radical (unpaired) electrons. The Morgan fingerprint density at radius 2 is 2.00 bits per heavy atom. The molecule has 0 bridgehead atoms. The summed E-state index contributed by atoms with van der Waals surface area (Å²) in [6, 6.07) is 10.3. The number of benzene rings is 1. The van der Waals surface area contributed by atoms with E-state index < -0.39 is 0 Å². The average Bonchev–Trinajstić information content (AvgIpc) is 2.31. The molecular formula is C15H18O. The van der Waals surface area contributed by atoms with Gasteiger partial charge < -0.3 is 4.74 Å². The molecule has 0 saturated heterocycles. The monoisotopic (exact) mass is 214 g/mol. The second-order valence-electron chi connectivity index (χ2n) is 4.22. The average molecular weight is 214 g/mol. The smallest absolute Gasteiger partial charge is 0.101 e. The number of rotatable bonds is 4. The van der Waals surface area contributed by atoms with Crippen LogP contribution in [0.1, 0.15) is 31.2 Å². The molecule has 1 nitrogen and oxygen atoms in total. The highest BCUT2D eigenvalue weighted by atomic mass is 16.5. The molecule has 0 fully saturated rings. The lowest BCUT2D eigenvalue weighted by Crippen LogP contribution is -1.99. The van der Waals surface area contributed by atoms with Gasteiger partial charge in [0.2, 0.25) is 0 Å². The summed E-state index contributed by atoms with van der Waals surface area (Å²) in [5, 5.41) is 0. The largest absolute Gasteiger partial charge is 0.467 e. The third-order valence-electron chi connectivity index (χ3n) is 2.77. The lowest BCUT2D eigenvalue weighted by Gasteiger charge is -2.15. The van der Waals surface area contributed by atoms with Gasteiger partial charge in [-0.25, -0.2) is 0 Å². The van der Waals surface area contributed by atoms with Crippen molar-refractivity contribution < 1.29 is 4.74 Å². The molecule has 1 heteroatoms. The fraction of sp³-hybridized carbons (Fsp3) is 0.333. The molecule has 0 N–H and O–H groups in total. The van der Waals surface area contributed by atoms with Gasteiger partial charge in [-0.05, 0) is 30.9 Å². The molecule has 0 unspecified atom stereocenters. The third-order valence-corrected chi connectivity index (χ3v) is 2.77. The summed E-state index contributed by atoms with van der Waals surface area (Å²) in [5.41, 5.74) is 1.25. The van der Waals surface area contributed by atoms with Crippen molar-refractivity contribution in [1.29, 1.82) is 0 Å². The molecule has 0 atom stereocenters. The zero-order valence-corrected chi connectivity index (χ0v) is 9.61. The van der Waals surface area contributed by atoms with Crippen molar-refractivity contribution in [3.63, 3.8) is 0 Å². The van der Waals surface area contributed by atoms with Gasteiger partial charge in [0.15, 0.2) is 0 Å². The molecule has 1 aromatic carbocycles. The molecule has 0 aliphatic heterocycles. The van der Waals surface area contributed by atoms with Crippen LogP contribution in [0.25, 0.3) is 0 Å². The third kappa shape index (κ3) is 3.27. The van der Waals surface area contributed by atoms with Gasteiger partial charge in [0.05, 0.1) is 5.76 Å². The van der Waals surface area contributed by atoms with E-state index in [1.54, 1.807) is 0 Å². The molecule has 2 rings (SSSR count). The van der Waals surface area contributed by atoms with Crippen LogP contribution in [0, 0.1) is 0 Å². The summed E-state index contributed by atoms with van der Waals surface area (Å²) in [7, 11) is 0. The minimum Gasteiger partial charge on any atom is -0.467 e. The van der Waals surface area contributed by atoms with E-state index in [1.165, 1.54) is 18.4 Å². The second kappa shape index (κ2) is 5.55. The minimum absolute atomic E-state index is 0.804. The number of ether oxygens (including phenoxy) is 1. The highest BCUT2D eigenvalue weighted by Crippen LogP contribution is 2.21. The van der Waals surface area contributed by atoms with Crippen molar-refractivity contribution in [2.75, 3.05) is 0 Å². The van der Waals surface area contributed by atoms with Gasteiger partial charge in [-0.2, -0.15) is 0 Å². The van der Waals surface area contributed by atoms with E-state index in [-0.39, 0.29) is 0 Å². The van der Waals surface area contributed by atoms with Gasteiger partial charge in [-0.15, -0.1) is 0 Å². The standard InChI is InChI=1S/C15H18O/c1-13(12-14-8-4-2-5-9-14)16-15-10-6-3-7-11-15/h2,4-5,8-10H,1,3,6-7,11-12H2. The van der Waals surface area contributed by atoms with Crippen molar-refractivity contribution in [3.05, 3.63) is 60.1 Å². The SMILES string of the molecule is C=C(Cc1ccccc1)OC1=CCCCC1. The van der Waals surface area contributed by atoms with Crippen molar-refractivity contribution in [1.82, 2.24) is 0 Å². The van der Waals surface area contributed by atoms with Crippen LogP contribution in [0.4, 0.5) is 0 Å². The van der Waals surface area contributed by atoms with Crippen LogP contribution >= 0.6 is 0 Å². The lowest BCUT2D eigenvalue weighted by molar-refractivity contribution is 0.274. The summed E-state index contributed by atoms with van der Waals surface area (Å²) in [6.07, 6.45) is 7.74. The Hall–Kier alpha value is -1.50. The van der Waals surface area contributed by atoms with Gasteiger partial charge >= 0.3 is 0 Å². The molecule has 0 aromatic heterocycles. The van der Waals surface area contributed by atoms with Gasteiger partial charge in [0, 0.05) is 12.8 Å². The first kappa shape index (κ1) is 11.0. The fourth-order valence-corrected chi connectivity index (χ4v) is 1.95. The summed E-state index contributed by atoms with van der Waals surface area (Å²) >= 11 is 0. The molecule has 0 amide bonds. The highest BCUT2D eigenvalue weighted by Gasteiger charge is 2.06. The predicted molar refractivity (Wildman–Crippen MR) is 66.9 cm³/mol. The maximum Gasteiger partial charge on any atom is 0.101 e. The van der Waals surface area contributed by atoms with Crippen molar-refractivity contribution in [2.24, 2.45) is 0 Å². The van der Waals surface area contributed by atoms with Gasteiger partial charge in [0.1, 0.15) is 5.76 Å². The van der Waals surface area contributed by atoms with E-state index in [9.17, 15) is 0 Å². The van der Waals surface area contributed by atoms with Gasteiger partial charge in [-0.1, -0.05) is 36.9 Å². The fourth-order valence-electron chi connectivity index (χ4n) is 1.95. The summed E-state index contributed by atoms with van der Waals surface area (Å²) < 4.78 is 5.76. The zero-order chi connectivity index (χ0) is 11.2. The van der Waals surface area contributed by atoms with Crippen LogP contribution in [0.2, 0.25) is 0 Å². The van der Waals surface area contributed by atoms with Crippen molar-refractivity contribution in [3.8, 4) is 0 Å². The molecule has 84 valence electrons. The molecule has 1 aliphatic carbocycles. The first-order valence-corrected chi connectivity index (χ1v) is 5.93. The van der Waals surface area contributed by atoms with Crippen LogP contribution in [-0.4, -0.2) is 0 Å². The van der Waals surface area contributed by atoms with E-state index in [0.717, 1.165) is 30.8 Å². The zero-order valence-electron chi connectivity index (χ0n) is 9.61. The van der Waals surface area contributed by atoms with E-state index in [2.05, 4.69) is 24.8 Å². The lowest BCUT2D eigenvalue weighted by atomic mass is 10.1. The van der Waals surface area contributed by atoms with E-state index >= 15 is 0 Å². The van der Waals surface area contributed by atoms with Crippen molar-refractivity contribution >= 4 is 0 Å². The van der Waals surface area contributed by atoms with E-state index in [0.29, 0.717) is 0 Å². The molecule has 0 heterocycles. The highest BCUT2D eigenvalue weighted by molar-refractivity contribution is 5.19. The Kier molecular flexibility index (Phi) is 3.81. The summed E-state index contributed by atoms with van der Waals surface area (Å²) in [5.74, 6) is 1.95. The number of hydrogen-bond acceptors (Lipinski definition) is 1. The number of hydrogen-bond donors (Lipinski definition) is 0. The molecule has 1 aliphatic rings. The molecule has 16 heavy (non-hydrogen) atoms. The van der Waals surface area contributed by atoms with Gasteiger partial charge in [-0.3, -0.25) is 0 Å². The van der Waals surface area contributed by atoms with Gasteiger partial charge in [0.25, 0.3) is 0 Å². The first-order valence-electron chi connectivity index (χ1n) is 5.93. The Morgan fingerprint density at radius 3 is 2.69 bits per heavy atom. The predicted octanol–water partition coefficient (Wildman–Crippen LogP) is 4.22. The summed E-state index contributed by atoms with van der Waals surface area (Å²) in [4.78, 5) is 0. The molecule has 0 saturated carbocycles. The van der Waals surface area contributed by atoms with Crippen LogP contribution in [0.3, 0.4) is 0 Å². The quantitative estimate of drug-likeness (QED) is 0.682. The maximum absolute atomic E-state index is 5.76. The molecule has 1 aromatic rings. The van der Waals surface area contributed by atoms with Crippen LogP contribution in [0.15, 0.2) is 54.5 Å². The topological polar surface area (TPSA) is 9.23 Å². The normalized spacial score (nSPS) is 15.4. The maximum atomic E-state index is 5.76. The van der Waals surface area contributed by atoms with E-state index in [4.69, 9.17) is 4.74 Å². The van der Waals surface area contributed by atoms with Crippen LogP contribution < -0.4 is 0 Å². The Bertz CT molecular complexity index is 376. The first-order chi connectivity index (χ1) is 7.84. The van der Waals surface area contributed by atoms with Crippen LogP contribution in [0.5, 0.6) is 0 Å². The Balaban J connectivity index is 1.87. The second-order valence-corrected chi connectivity index (χ2v) is 4.22. The van der Waals surface area contributed by atoms with Crippen molar-refractivity contribution in [2.45, 2.75) is 32.1 Å². The number of allylic oxidation sites excluding steroid dienone is 3. The van der Waals surface area contributed by atoms with Crippen LogP contribution in [-0.2, 0) is 11.2 Å². The molecule has 0 spiro atoms. The summed E-state index contributed by atoms with van der Waals surface area (Å²) in [6.45, 7) is 3.98. The Morgan fingerprint density at radius 1 is 1.19 bits per heavy atom. The molecular weight excluding hydrogens is 196 g/mol. The van der Waals surface area contributed by atoms with E-state index in [1.807, 2.05) is 18.2 Å². The minimum atomic E-state index is 0.804.